The first-order valence-electron chi connectivity index (χ1n) is 9.77. The molecule has 1 saturated heterocycles. The number of nitrogens with zero attached hydrogens (tertiary/aromatic N) is 4. The molecular formula is C22H26N4O2S. The Morgan fingerprint density at radius 1 is 0.897 bits per heavy atom. The number of pyridine rings is 1. The van der Waals surface area contributed by atoms with Crippen LogP contribution in [-0.4, -0.2) is 60.2 Å². The van der Waals surface area contributed by atoms with E-state index >= 15 is 0 Å². The average Bonchev–Trinajstić information content (AvgIpc) is 3.23. The Morgan fingerprint density at radius 2 is 1.66 bits per heavy atom. The number of para-hydroxylation sites is 1. The molecule has 0 bridgehead atoms. The molecule has 7 heteroatoms. The van der Waals surface area contributed by atoms with Gasteiger partial charge >= 0.3 is 0 Å². The zero-order valence-corrected chi connectivity index (χ0v) is 17.7. The highest BCUT2D eigenvalue weighted by atomic mass is 32.1. The number of aromatic nitrogens is 2. The van der Waals surface area contributed by atoms with Gasteiger partial charge in [-0.2, -0.15) is 0 Å². The third-order valence-electron chi connectivity index (χ3n) is 5.15. The van der Waals surface area contributed by atoms with E-state index in [2.05, 4.69) is 32.3 Å². The fourth-order valence-corrected chi connectivity index (χ4v) is 4.45. The van der Waals surface area contributed by atoms with Gasteiger partial charge in [0.1, 0.15) is 5.01 Å². The summed E-state index contributed by atoms with van der Waals surface area (Å²) < 4.78 is 11.0. The van der Waals surface area contributed by atoms with Crippen molar-refractivity contribution in [2.24, 2.45) is 0 Å². The number of thiazole rings is 1. The fraction of sp³-hybridized carbons (Fsp3) is 0.364. The Bertz CT molecular complexity index is 924. The highest BCUT2D eigenvalue weighted by Crippen LogP contribution is 2.39. The van der Waals surface area contributed by atoms with Gasteiger partial charge in [-0.1, -0.05) is 12.1 Å². The van der Waals surface area contributed by atoms with Gasteiger partial charge in [0.2, 0.25) is 0 Å². The monoisotopic (exact) mass is 410 g/mol. The fourth-order valence-electron chi connectivity index (χ4n) is 3.61. The van der Waals surface area contributed by atoms with Crippen molar-refractivity contribution in [3.05, 3.63) is 59.4 Å². The summed E-state index contributed by atoms with van der Waals surface area (Å²) >= 11 is 1.65. The number of rotatable bonds is 7. The molecule has 0 atom stereocenters. The van der Waals surface area contributed by atoms with Crippen molar-refractivity contribution >= 4 is 11.3 Å². The first-order valence-corrected chi connectivity index (χ1v) is 10.6. The van der Waals surface area contributed by atoms with Gasteiger partial charge in [0.15, 0.2) is 11.5 Å². The molecule has 0 amide bonds. The van der Waals surface area contributed by atoms with Gasteiger partial charge in [-0.05, 0) is 24.3 Å². The molecule has 1 aliphatic rings. The Balaban J connectivity index is 1.36. The zero-order chi connectivity index (χ0) is 20.1. The summed E-state index contributed by atoms with van der Waals surface area (Å²) in [6.07, 6.45) is 1.86. The number of methoxy groups -OCH3 is 2. The third kappa shape index (κ3) is 4.75. The van der Waals surface area contributed by atoms with E-state index in [1.807, 2.05) is 30.5 Å². The molecule has 2 aromatic heterocycles. The summed E-state index contributed by atoms with van der Waals surface area (Å²) in [4.78, 5) is 14.2. The number of hydrogen-bond donors (Lipinski definition) is 0. The Kier molecular flexibility index (Phi) is 6.39. The normalized spacial score (nSPS) is 15.4. The van der Waals surface area contributed by atoms with E-state index in [9.17, 15) is 0 Å². The minimum Gasteiger partial charge on any atom is -0.493 e. The summed E-state index contributed by atoms with van der Waals surface area (Å²) in [6, 6.07) is 12.0. The molecule has 1 aromatic carbocycles. The lowest BCUT2D eigenvalue weighted by Gasteiger charge is -2.34. The maximum atomic E-state index is 5.56. The van der Waals surface area contributed by atoms with Crippen molar-refractivity contribution in [2.75, 3.05) is 40.4 Å². The van der Waals surface area contributed by atoms with E-state index in [0.29, 0.717) is 0 Å². The quantitative estimate of drug-likeness (QED) is 0.594. The number of ether oxygens (including phenoxy) is 2. The topological polar surface area (TPSA) is 50.7 Å². The molecule has 152 valence electrons. The number of piperazine rings is 1. The van der Waals surface area contributed by atoms with E-state index in [-0.39, 0.29) is 0 Å². The van der Waals surface area contributed by atoms with Gasteiger partial charge in [-0.3, -0.25) is 14.8 Å². The standard InChI is InChI=1S/C22H26N4O2S/c1-27-20-8-5-7-19(21(20)28-2)22-24-18(16-29-22)15-26-12-10-25(11-13-26)14-17-6-3-4-9-23-17/h3-9,16H,10-15H2,1-2H3. The van der Waals surface area contributed by atoms with Crippen molar-refractivity contribution in [1.29, 1.82) is 0 Å². The maximum Gasteiger partial charge on any atom is 0.170 e. The maximum absolute atomic E-state index is 5.56. The van der Waals surface area contributed by atoms with E-state index < -0.39 is 0 Å². The molecule has 0 saturated carbocycles. The summed E-state index contributed by atoms with van der Waals surface area (Å²) in [6.45, 7) is 5.99. The molecule has 3 heterocycles. The molecule has 4 rings (SSSR count). The highest BCUT2D eigenvalue weighted by Gasteiger charge is 2.19. The average molecular weight is 411 g/mol. The molecule has 1 aliphatic heterocycles. The first kappa shape index (κ1) is 19.8. The van der Waals surface area contributed by atoms with Gasteiger partial charge in [0.05, 0.1) is 31.2 Å². The summed E-state index contributed by atoms with van der Waals surface area (Å²) in [5.74, 6) is 1.46. The molecule has 0 spiro atoms. The SMILES string of the molecule is COc1cccc(-c2nc(CN3CCN(Cc4ccccn4)CC3)cs2)c1OC. The van der Waals surface area contributed by atoms with Crippen LogP contribution in [0.4, 0.5) is 0 Å². The zero-order valence-electron chi connectivity index (χ0n) is 16.9. The van der Waals surface area contributed by atoms with Gasteiger partial charge in [-0.15, -0.1) is 11.3 Å². The summed E-state index contributed by atoms with van der Waals surface area (Å²) in [5, 5.41) is 3.11. The third-order valence-corrected chi connectivity index (χ3v) is 6.07. The van der Waals surface area contributed by atoms with Crippen LogP contribution in [0.2, 0.25) is 0 Å². The molecule has 0 radical (unpaired) electrons. The minimum absolute atomic E-state index is 0.728. The van der Waals surface area contributed by atoms with Crippen molar-refractivity contribution < 1.29 is 9.47 Å². The van der Waals surface area contributed by atoms with E-state index in [0.717, 1.165) is 72.7 Å². The molecule has 6 nitrogen and oxygen atoms in total. The van der Waals surface area contributed by atoms with E-state index in [1.165, 1.54) is 0 Å². The molecule has 0 N–H and O–H groups in total. The predicted octanol–water partition coefficient (Wildman–Crippen LogP) is 3.54. The molecule has 0 unspecified atom stereocenters. The van der Waals surface area contributed by atoms with Crippen molar-refractivity contribution in [3.63, 3.8) is 0 Å². The lowest BCUT2D eigenvalue weighted by Crippen LogP contribution is -2.45. The molecule has 3 aromatic rings. The van der Waals surface area contributed by atoms with Crippen LogP contribution in [0.25, 0.3) is 10.6 Å². The van der Waals surface area contributed by atoms with Crippen LogP contribution in [0.1, 0.15) is 11.4 Å². The van der Waals surface area contributed by atoms with Crippen LogP contribution in [0.3, 0.4) is 0 Å². The lowest BCUT2D eigenvalue weighted by molar-refractivity contribution is 0.120. The largest absolute Gasteiger partial charge is 0.493 e. The minimum atomic E-state index is 0.728. The Hall–Kier alpha value is -2.48. The van der Waals surface area contributed by atoms with Gasteiger partial charge in [-0.25, -0.2) is 4.98 Å². The van der Waals surface area contributed by atoms with Crippen molar-refractivity contribution in [1.82, 2.24) is 19.8 Å². The number of benzene rings is 1. The smallest absolute Gasteiger partial charge is 0.170 e. The van der Waals surface area contributed by atoms with Gasteiger partial charge < -0.3 is 9.47 Å². The van der Waals surface area contributed by atoms with Crippen molar-refractivity contribution in [3.8, 4) is 22.1 Å². The number of hydrogen-bond acceptors (Lipinski definition) is 7. The summed E-state index contributed by atoms with van der Waals surface area (Å²) in [5.41, 5.74) is 3.22. The van der Waals surface area contributed by atoms with Crippen LogP contribution in [0, 0.1) is 0 Å². The van der Waals surface area contributed by atoms with Crippen LogP contribution in [0.15, 0.2) is 48.0 Å². The van der Waals surface area contributed by atoms with Crippen LogP contribution >= 0.6 is 11.3 Å². The molecule has 0 aliphatic carbocycles. The molecular weight excluding hydrogens is 384 g/mol. The van der Waals surface area contributed by atoms with Crippen LogP contribution < -0.4 is 9.47 Å². The Labute approximate surface area is 175 Å². The predicted molar refractivity (Wildman–Crippen MR) is 115 cm³/mol. The summed E-state index contributed by atoms with van der Waals surface area (Å²) in [7, 11) is 3.32. The van der Waals surface area contributed by atoms with Crippen molar-refractivity contribution in [2.45, 2.75) is 13.1 Å². The van der Waals surface area contributed by atoms with E-state index in [4.69, 9.17) is 14.5 Å². The molecule has 1 fully saturated rings. The second kappa shape index (κ2) is 9.35. The molecule has 29 heavy (non-hydrogen) atoms. The van der Waals surface area contributed by atoms with Crippen LogP contribution in [-0.2, 0) is 13.1 Å². The Morgan fingerprint density at radius 3 is 2.31 bits per heavy atom. The van der Waals surface area contributed by atoms with Gasteiger partial charge in [0.25, 0.3) is 0 Å². The highest BCUT2D eigenvalue weighted by molar-refractivity contribution is 7.13. The van der Waals surface area contributed by atoms with Gasteiger partial charge in [0, 0.05) is 50.8 Å². The first-order chi connectivity index (χ1) is 14.3. The second-order valence-electron chi connectivity index (χ2n) is 7.06. The second-order valence-corrected chi connectivity index (χ2v) is 7.92. The lowest BCUT2D eigenvalue weighted by atomic mass is 10.2. The van der Waals surface area contributed by atoms with Crippen LogP contribution in [0.5, 0.6) is 11.5 Å². The van der Waals surface area contributed by atoms with E-state index in [1.54, 1.807) is 25.6 Å².